The lowest BCUT2D eigenvalue weighted by molar-refractivity contribution is -0.112. The van der Waals surface area contributed by atoms with E-state index in [1.165, 1.54) is 27.4 Å². The molecule has 0 aromatic heterocycles. The van der Waals surface area contributed by atoms with Crippen LogP contribution in [-0.4, -0.2) is 33.2 Å². The molecule has 1 N–H and O–H groups in total. The average Bonchev–Trinajstić information content (AvgIpc) is 2.71. The van der Waals surface area contributed by atoms with Gasteiger partial charge in [-0.3, -0.25) is 4.79 Å². The van der Waals surface area contributed by atoms with Gasteiger partial charge < -0.3 is 19.5 Å². The van der Waals surface area contributed by atoms with Gasteiger partial charge in [-0.25, -0.2) is 4.79 Å². The minimum Gasteiger partial charge on any atom is -0.493 e. The number of methoxy groups -OCH3 is 3. The Morgan fingerprint density at radius 3 is 2.37 bits per heavy atom. The number of rotatable bonds is 6. The van der Waals surface area contributed by atoms with Gasteiger partial charge in [0.25, 0.3) is 5.91 Å². The first-order chi connectivity index (χ1) is 13.0. The molecule has 7 heteroatoms. The highest BCUT2D eigenvalue weighted by molar-refractivity contribution is 6.10. The van der Waals surface area contributed by atoms with Gasteiger partial charge in [0.2, 0.25) is 0 Å². The predicted molar refractivity (Wildman–Crippen MR) is 99.5 cm³/mol. The number of anilines is 1. The zero-order valence-electron chi connectivity index (χ0n) is 15.1. The fraction of sp³-hybridized carbons (Fsp3) is 0.150. The first kappa shape index (κ1) is 19.5. The Kier molecular flexibility index (Phi) is 6.55. The van der Waals surface area contributed by atoms with E-state index < -0.39 is 11.9 Å². The molecule has 138 valence electrons. The number of ether oxygens (including phenoxy) is 3. The summed E-state index contributed by atoms with van der Waals surface area (Å²) in [5.41, 5.74) is 0.927. The summed E-state index contributed by atoms with van der Waals surface area (Å²) in [6.07, 6.45) is 1.34. The Morgan fingerprint density at radius 1 is 1.04 bits per heavy atom. The maximum atomic E-state index is 12.5. The lowest BCUT2D eigenvalue weighted by Crippen LogP contribution is -2.14. The number of nitrogens with zero attached hydrogens (tertiary/aromatic N) is 1. The van der Waals surface area contributed by atoms with Crippen molar-refractivity contribution >= 4 is 23.6 Å². The molecule has 0 fully saturated rings. The second-order valence-corrected chi connectivity index (χ2v) is 5.27. The number of carbonyl (C=O) groups is 2. The third-order valence-electron chi connectivity index (χ3n) is 3.67. The van der Waals surface area contributed by atoms with Gasteiger partial charge in [-0.15, -0.1) is 0 Å². The molecule has 0 aliphatic heterocycles. The van der Waals surface area contributed by atoms with Crippen molar-refractivity contribution < 1.29 is 23.8 Å². The summed E-state index contributed by atoms with van der Waals surface area (Å²) in [7, 11) is 4.25. The largest absolute Gasteiger partial charge is 0.493 e. The van der Waals surface area contributed by atoms with Crippen LogP contribution in [0.4, 0.5) is 5.69 Å². The van der Waals surface area contributed by atoms with E-state index in [4.69, 9.17) is 14.2 Å². The Balaban J connectivity index is 2.31. The molecule has 0 unspecified atom stereocenters. The van der Waals surface area contributed by atoms with E-state index in [1.807, 2.05) is 6.07 Å². The van der Waals surface area contributed by atoms with Crippen LogP contribution in [0.5, 0.6) is 11.5 Å². The number of nitriles is 1. The molecular formula is C20H18N2O5. The van der Waals surface area contributed by atoms with Gasteiger partial charge >= 0.3 is 5.97 Å². The van der Waals surface area contributed by atoms with Crippen molar-refractivity contribution in [3.63, 3.8) is 0 Å². The Hall–Kier alpha value is -3.79. The van der Waals surface area contributed by atoms with Crippen molar-refractivity contribution in [2.75, 3.05) is 26.6 Å². The third kappa shape index (κ3) is 4.64. The molecule has 2 aromatic rings. The first-order valence-electron chi connectivity index (χ1n) is 7.86. The SMILES string of the molecule is COC(=O)c1ccccc1/C=C(\C#N)C(=O)Nc1ccc(OC)c(OC)c1. The number of carbonyl (C=O) groups excluding carboxylic acids is 2. The van der Waals surface area contributed by atoms with Crippen LogP contribution in [0.3, 0.4) is 0 Å². The van der Waals surface area contributed by atoms with Crippen LogP contribution >= 0.6 is 0 Å². The molecule has 0 spiro atoms. The minimum absolute atomic E-state index is 0.166. The van der Waals surface area contributed by atoms with Gasteiger partial charge in [0.1, 0.15) is 11.6 Å². The van der Waals surface area contributed by atoms with E-state index in [-0.39, 0.29) is 11.1 Å². The molecule has 0 bridgehead atoms. The van der Waals surface area contributed by atoms with Crippen LogP contribution < -0.4 is 14.8 Å². The number of benzene rings is 2. The van der Waals surface area contributed by atoms with E-state index in [2.05, 4.69) is 5.32 Å². The summed E-state index contributed by atoms with van der Waals surface area (Å²) in [5, 5.41) is 12.0. The zero-order chi connectivity index (χ0) is 19.8. The van der Waals surface area contributed by atoms with Crippen molar-refractivity contribution in [1.82, 2.24) is 0 Å². The Bertz CT molecular complexity index is 928. The van der Waals surface area contributed by atoms with Crippen molar-refractivity contribution in [2.45, 2.75) is 0 Å². The van der Waals surface area contributed by atoms with Crippen molar-refractivity contribution in [1.29, 1.82) is 5.26 Å². The van der Waals surface area contributed by atoms with Crippen LogP contribution in [0.2, 0.25) is 0 Å². The van der Waals surface area contributed by atoms with E-state index in [1.54, 1.807) is 42.5 Å². The number of hydrogen-bond acceptors (Lipinski definition) is 6. The summed E-state index contributed by atoms with van der Waals surface area (Å²) < 4.78 is 15.1. The number of nitrogens with one attached hydrogen (secondary N) is 1. The molecule has 0 saturated heterocycles. The second kappa shape index (κ2) is 9.06. The number of esters is 1. The summed E-state index contributed by atoms with van der Waals surface area (Å²) in [4.78, 5) is 24.3. The maximum absolute atomic E-state index is 12.5. The third-order valence-corrected chi connectivity index (χ3v) is 3.67. The van der Waals surface area contributed by atoms with Crippen LogP contribution in [0.1, 0.15) is 15.9 Å². The maximum Gasteiger partial charge on any atom is 0.338 e. The molecule has 0 atom stereocenters. The minimum atomic E-state index is -0.621. The van der Waals surface area contributed by atoms with Gasteiger partial charge in [0.05, 0.1) is 26.9 Å². The van der Waals surface area contributed by atoms with Gasteiger partial charge in [0.15, 0.2) is 11.5 Å². The van der Waals surface area contributed by atoms with Crippen molar-refractivity contribution in [2.24, 2.45) is 0 Å². The van der Waals surface area contributed by atoms with E-state index >= 15 is 0 Å². The van der Waals surface area contributed by atoms with Gasteiger partial charge in [-0.05, 0) is 29.8 Å². The zero-order valence-corrected chi connectivity index (χ0v) is 15.1. The highest BCUT2D eigenvalue weighted by Crippen LogP contribution is 2.30. The van der Waals surface area contributed by atoms with Gasteiger partial charge in [0, 0.05) is 11.8 Å². The Labute approximate surface area is 156 Å². The van der Waals surface area contributed by atoms with Crippen LogP contribution in [0, 0.1) is 11.3 Å². The molecule has 0 aliphatic rings. The molecule has 2 rings (SSSR count). The van der Waals surface area contributed by atoms with Gasteiger partial charge in [-0.2, -0.15) is 5.26 Å². The lowest BCUT2D eigenvalue weighted by Gasteiger charge is -2.10. The van der Waals surface area contributed by atoms with Crippen LogP contribution in [0.25, 0.3) is 6.08 Å². The van der Waals surface area contributed by atoms with E-state index in [0.717, 1.165) is 0 Å². The normalized spacial score (nSPS) is 10.5. The summed E-state index contributed by atoms with van der Waals surface area (Å²) >= 11 is 0. The predicted octanol–water partition coefficient (Wildman–Crippen LogP) is 3.04. The summed E-state index contributed by atoms with van der Waals surface area (Å²) in [6, 6.07) is 13.2. The summed E-state index contributed by atoms with van der Waals surface area (Å²) in [5.74, 6) is -0.226. The number of amides is 1. The van der Waals surface area contributed by atoms with Crippen LogP contribution in [0.15, 0.2) is 48.0 Å². The molecule has 1 amide bonds. The van der Waals surface area contributed by atoms with E-state index in [0.29, 0.717) is 22.7 Å². The smallest absolute Gasteiger partial charge is 0.338 e. The standard InChI is InChI=1S/C20H18N2O5/c1-25-17-9-8-15(11-18(17)26-2)22-19(23)14(12-21)10-13-6-4-5-7-16(13)20(24)27-3/h4-11H,1-3H3,(H,22,23)/b14-10+. The summed E-state index contributed by atoms with van der Waals surface area (Å²) in [6.45, 7) is 0. The molecule has 0 aliphatic carbocycles. The molecule has 27 heavy (non-hydrogen) atoms. The highest BCUT2D eigenvalue weighted by Gasteiger charge is 2.15. The fourth-order valence-electron chi connectivity index (χ4n) is 2.34. The monoisotopic (exact) mass is 366 g/mol. The fourth-order valence-corrected chi connectivity index (χ4v) is 2.34. The molecule has 2 aromatic carbocycles. The van der Waals surface area contributed by atoms with Gasteiger partial charge in [-0.1, -0.05) is 18.2 Å². The highest BCUT2D eigenvalue weighted by atomic mass is 16.5. The lowest BCUT2D eigenvalue weighted by atomic mass is 10.0. The van der Waals surface area contributed by atoms with Crippen LogP contribution in [-0.2, 0) is 9.53 Å². The number of hydrogen-bond donors (Lipinski definition) is 1. The Morgan fingerprint density at radius 2 is 1.74 bits per heavy atom. The molecule has 0 heterocycles. The molecule has 0 saturated carbocycles. The second-order valence-electron chi connectivity index (χ2n) is 5.27. The first-order valence-corrected chi connectivity index (χ1v) is 7.86. The quantitative estimate of drug-likeness (QED) is 0.479. The van der Waals surface area contributed by atoms with E-state index in [9.17, 15) is 14.9 Å². The van der Waals surface area contributed by atoms with Crippen molar-refractivity contribution in [3.8, 4) is 17.6 Å². The molecular weight excluding hydrogens is 348 g/mol. The molecule has 7 nitrogen and oxygen atoms in total. The van der Waals surface area contributed by atoms with Crippen molar-refractivity contribution in [3.05, 3.63) is 59.2 Å². The molecule has 0 radical (unpaired) electrons. The average molecular weight is 366 g/mol. The topological polar surface area (TPSA) is 97.7 Å².